The van der Waals surface area contributed by atoms with E-state index in [4.69, 9.17) is 11.6 Å². The van der Waals surface area contributed by atoms with Gasteiger partial charge in [0.25, 0.3) is 0 Å². The van der Waals surface area contributed by atoms with Crippen LogP contribution in [0.3, 0.4) is 0 Å². The Kier molecular flexibility index (Phi) is 5.55. The van der Waals surface area contributed by atoms with Crippen LogP contribution >= 0.6 is 43.5 Å². The van der Waals surface area contributed by atoms with E-state index in [9.17, 15) is 4.39 Å². The van der Waals surface area contributed by atoms with Crippen molar-refractivity contribution in [1.82, 2.24) is 10.3 Å². The number of nitrogens with zero attached hydrogens (tertiary/aromatic N) is 1. The molecule has 6 heteroatoms. The SMILES string of the molecule is CCNC(c1ccc(Br)cn1)c1ccc(Br)c(Cl)c1F. The Morgan fingerprint density at radius 3 is 2.65 bits per heavy atom. The molecule has 0 amide bonds. The molecule has 1 N–H and O–H groups in total. The summed E-state index contributed by atoms with van der Waals surface area (Å²) in [5, 5.41) is 3.32. The van der Waals surface area contributed by atoms with Crippen LogP contribution in [0.4, 0.5) is 4.39 Å². The molecule has 20 heavy (non-hydrogen) atoms. The van der Waals surface area contributed by atoms with Crippen molar-refractivity contribution in [3.63, 3.8) is 0 Å². The molecule has 0 radical (unpaired) electrons. The molecule has 0 saturated heterocycles. The summed E-state index contributed by atoms with van der Waals surface area (Å²) in [7, 11) is 0. The standard InChI is InChI=1S/C14H12Br2ClFN2/c1-2-19-14(11-6-3-8(15)7-20-11)9-4-5-10(16)12(17)13(9)18/h3-7,14,19H,2H2,1H3. The van der Waals surface area contributed by atoms with Gasteiger partial charge < -0.3 is 5.32 Å². The first-order chi connectivity index (χ1) is 9.54. The Labute approximate surface area is 139 Å². The third-order valence-electron chi connectivity index (χ3n) is 2.83. The van der Waals surface area contributed by atoms with Crippen molar-refractivity contribution >= 4 is 43.5 Å². The molecule has 1 heterocycles. The van der Waals surface area contributed by atoms with E-state index >= 15 is 0 Å². The molecule has 0 bridgehead atoms. The van der Waals surface area contributed by atoms with Crippen molar-refractivity contribution in [2.24, 2.45) is 0 Å². The minimum Gasteiger partial charge on any atom is -0.305 e. The maximum absolute atomic E-state index is 14.4. The van der Waals surface area contributed by atoms with E-state index in [0.29, 0.717) is 16.6 Å². The Morgan fingerprint density at radius 1 is 1.30 bits per heavy atom. The highest BCUT2D eigenvalue weighted by Gasteiger charge is 2.21. The van der Waals surface area contributed by atoms with E-state index in [2.05, 4.69) is 42.2 Å². The fourth-order valence-corrected chi connectivity index (χ4v) is 2.61. The Bertz CT molecular complexity index is 605. The van der Waals surface area contributed by atoms with Crippen LogP contribution in [-0.2, 0) is 0 Å². The average molecular weight is 423 g/mol. The van der Waals surface area contributed by atoms with Gasteiger partial charge in [-0.15, -0.1) is 0 Å². The number of aromatic nitrogens is 1. The second-order valence-corrected chi connectivity index (χ2v) is 6.30. The topological polar surface area (TPSA) is 24.9 Å². The zero-order valence-electron chi connectivity index (χ0n) is 10.6. The molecule has 2 nitrogen and oxygen atoms in total. The Balaban J connectivity index is 2.48. The number of pyridine rings is 1. The van der Waals surface area contributed by atoms with Crippen molar-refractivity contribution in [2.75, 3.05) is 6.54 Å². The summed E-state index contributed by atoms with van der Waals surface area (Å²) in [6.45, 7) is 2.65. The van der Waals surface area contributed by atoms with Gasteiger partial charge in [0.15, 0.2) is 0 Å². The number of nitrogens with one attached hydrogen (secondary N) is 1. The summed E-state index contributed by atoms with van der Waals surface area (Å²) < 4.78 is 15.8. The first-order valence-corrected chi connectivity index (χ1v) is 7.99. The highest BCUT2D eigenvalue weighted by atomic mass is 79.9. The van der Waals surface area contributed by atoms with Gasteiger partial charge in [-0.1, -0.05) is 24.6 Å². The summed E-state index contributed by atoms with van der Waals surface area (Å²) >= 11 is 12.5. The number of halogens is 4. The van der Waals surface area contributed by atoms with E-state index in [1.807, 2.05) is 19.1 Å². The lowest BCUT2D eigenvalue weighted by Crippen LogP contribution is -2.24. The molecule has 0 aliphatic rings. The summed E-state index contributed by atoms with van der Waals surface area (Å²) in [4.78, 5) is 4.34. The molecule has 2 aromatic rings. The van der Waals surface area contributed by atoms with Gasteiger partial charge in [-0.3, -0.25) is 4.98 Å². The monoisotopic (exact) mass is 420 g/mol. The van der Waals surface area contributed by atoms with Gasteiger partial charge in [-0.05, 0) is 56.6 Å². The van der Waals surface area contributed by atoms with Crippen LogP contribution in [0.25, 0.3) is 0 Å². The molecular formula is C14H12Br2ClFN2. The third-order valence-corrected chi connectivity index (χ3v) is 4.56. The maximum atomic E-state index is 14.4. The van der Waals surface area contributed by atoms with Crippen molar-refractivity contribution in [2.45, 2.75) is 13.0 Å². The van der Waals surface area contributed by atoms with Crippen LogP contribution in [0.1, 0.15) is 24.2 Å². The van der Waals surface area contributed by atoms with Gasteiger partial charge >= 0.3 is 0 Å². The maximum Gasteiger partial charge on any atom is 0.148 e. The lowest BCUT2D eigenvalue weighted by atomic mass is 10.0. The lowest BCUT2D eigenvalue weighted by molar-refractivity contribution is 0.551. The number of benzene rings is 1. The van der Waals surface area contributed by atoms with Crippen LogP contribution in [0.15, 0.2) is 39.4 Å². The smallest absolute Gasteiger partial charge is 0.148 e. The molecular weight excluding hydrogens is 410 g/mol. The minimum absolute atomic E-state index is 0.0857. The third kappa shape index (κ3) is 3.39. The van der Waals surface area contributed by atoms with E-state index in [0.717, 1.165) is 10.2 Å². The first kappa shape index (κ1) is 15.9. The summed E-state index contributed by atoms with van der Waals surface area (Å²) in [6, 6.07) is 6.85. The summed E-state index contributed by atoms with van der Waals surface area (Å²) in [6.07, 6.45) is 1.69. The van der Waals surface area contributed by atoms with Gasteiger partial charge in [0, 0.05) is 20.7 Å². The van der Waals surface area contributed by atoms with Crippen LogP contribution in [0.2, 0.25) is 5.02 Å². The summed E-state index contributed by atoms with van der Waals surface area (Å²) in [5.74, 6) is -0.434. The van der Waals surface area contributed by atoms with E-state index in [-0.39, 0.29) is 11.1 Å². The van der Waals surface area contributed by atoms with Gasteiger partial charge in [-0.2, -0.15) is 0 Å². The quantitative estimate of drug-likeness (QED) is 0.694. The van der Waals surface area contributed by atoms with E-state index in [1.54, 1.807) is 18.3 Å². The normalized spacial score (nSPS) is 12.4. The molecule has 1 atom stereocenters. The van der Waals surface area contributed by atoms with Crippen LogP contribution in [0.5, 0.6) is 0 Å². The molecule has 2 rings (SSSR count). The molecule has 0 spiro atoms. The number of rotatable bonds is 4. The molecule has 0 aliphatic heterocycles. The molecule has 0 aliphatic carbocycles. The van der Waals surface area contributed by atoms with E-state index in [1.165, 1.54) is 0 Å². The van der Waals surface area contributed by atoms with Crippen LogP contribution in [0, 0.1) is 5.82 Å². The Morgan fingerprint density at radius 2 is 2.05 bits per heavy atom. The van der Waals surface area contributed by atoms with Crippen molar-refractivity contribution < 1.29 is 4.39 Å². The van der Waals surface area contributed by atoms with Gasteiger partial charge in [0.2, 0.25) is 0 Å². The minimum atomic E-state index is -0.434. The highest BCUT2D eigenvalue weighted by Crippen LogP contribution is 2.32. The fraction of sp³-hybridized carbons (Fsp3) is 0.214. The first-order valence-electron chi connectivity index (χ1n) is 6.02. The lowest BCUT2D eigenvalue weighted by Gasteiger charge is -2.19. The van der Waals surface area contributed by atoms with Crippen LogP contribution in [-0.4, -0.2) is 11.5 Å². The molecule has 1 unspecified atom stereocenters. The van der Waals surface area contributed by atoms with E-state index < -0.39 is 5.82 Å². The molecule has 1 aromatic heterocycles. The second kappa shape index (κ2) is 6.98. The molecule has 0 saturated carbocycles. The predicted molar refractivity (Wildman–Crippen MR) is 86.6 cm³/mol. The zero-order chi connectivity index (χ0) is 14.7. The highest BCUT2D eigenvalue weighted by molar-refractivity contribution is 9.10. The van der Waals surface area contributed by atoms with Crippen LogP contribution < -0.4 is 5.32 Å². The second-order valence-electron chi connectivity index (χ2n) is 4.16. The zero-order valence-corrected chi connectivity index (χ0v) is 14.6. The number of hydrogen-bond acceptors (Lipinski definition) is 2. The summed E-state index contributed by atoms with van der Waals surface area (Å²) in [5.41, 5.74) is 1.22. The van der Waals surface area contributed by atoms with Crippen molar-refractivity contribution in [3.8, 4) is 0 Å². The molecule has 0 fully saturated rings. The van der Waals surface area contributed by atoms with Crippen molar-refractivity contribution in [1.29, 1.82) is 0 Å². The molecule has 1 aromatic carbocycles. The van der Waals surface area contributed by atoms with Gasteiger partial charge in [0.05, 0.1) is 16.8 Å². The predicted octanol–water partition coefficient (Wildman–Crippen LogP) is 5.10. The average Bonchev–Trinajstić information content (AvgIpc) is 2.44. The van der Waals surface area contributed by atoms with Gasteiger partial charge in [0.1, 0.15) is 5.82 Å². The largest absolute Gasteiger partial charge is 0.305 e. The van der Waals surface area contributed by atoms with Crippen molar-refractivity contribution in [3.05, 3.63) is 61.5 Å². The fourth-order valence-electron chi connectivity index (χ4n) is 1.90. The Hall–Kier alpha value is -0.490. The molecule has 106 valence electrons. The number of hydrogen-bond donors (Lipinski definition) is 1. The van der Waals surface area contributed by atoms with Gasteiger partial charge in [-0.25, -0.2) is 4.39 Å².